The zero-order valence-corrected chi connectivity index (χ0v) is 14.0. The smallest absolute Gasteiger partial charge is 0.242 e. The van der Waals surface area contributed by atoms with Crippen LogP contribution in [0.1, 0.15) is 31.7 Å². The summed E-state index contributed by atoms with van der Waals surface area (Å²) in [4.78, 5) is 20.2. The number of nitrogens with two attached hydrogens (primary N) is 1. The zero-order valence-electron chi connectivity index (χ0n) is 14.0. The summed E-state index contributed by atoms with van der Waals surface area (Å²) in [5, 5.41) is 2.64. The molecule has 7 nitrogen and oxygen atoms in total. The van der Waals surface area contributed by atoms with E-state index in [1.54, 1.807) is 0 Å². The highest BCUT2D eigenvalue weighted by molar-refractivity contribution is 5.93. The van der Waals surface area contributed by atoms with Crippen LogP contribution < -0.4 is 20.5 Å². The van der Waals surface area contributed by atoms with Crippen LogP contribution >= 0.6 is 0 Å². The van der Waals surface area contributed by atoms with E-state index in [0.29, 0.717) is 18.1 Å². The van der Waals surface area contributed by atoms with Crippen molar-refractivity contribution in [2.45, 2.75) is 37.6 Å². The number of ether oxygens (including phenoxy) is 2. The minimum absolute atomic E-state index is 0.115. The Morgan fingerprint density at radius 2 is 2.24 bits per heavy atom. The summed E-state index contributed by atoms with van der Waals surface area (Å²) in [7, 11) is 0. The van der Waals surface area contributed by atoms with E-state index in [4.69, 9.17) is 15.2 Å². The first-order chi connectivity index (χ1) is 12.1. The fraction of sp³-hybridized carbons (Fsp3) is 0.389. The van der Waals surface area contributed by atoms with Crippen molar-refractivity contribution < 1.29 is 14.3 Å². The standard InChI is InChI=1S/C18H20N4O3/c1-2-11(19)17(23)22-14-8-21-15(9-20-14)25-13-5-3-4-12-16(13)18(6-7-18)10-24-12/h3-5,8-9,11H,2,6-7,10,19H2,1H3,(H,20,22,23)/t11-/m1/s1. The minimum Gasteiger partial charge on any atom is -0.492 e. The third-order valence-electron chi connectivity index (χ3n) is 4.75. The summed E-state index contributed by atoms with van der Waals surface area (Å²) in [6, 6.07) is 5.24. The molecular weight excluding hydrogens is 320 g/mol. The summed E-state index contributed by atoms with van der Waals surface area (Å²) < 4.78 is 11.7. The molecule has 1 spiro atoms. The van der Waals surface area contributed by atoms with E-state index in [9.17, 15) is 4.79 Å². The Balaban J connectivity index is 1.50. The highest BCUT2D eigenvalue weighted by Crippen LogP contribution is 2.58. The van der Waals surface area contributed by atoms with Gasteiger partial charge in [-0.15, -0.1) is 0 Å². The molecule has 2 aliphatic rings. The van der Waals surface area contributed by atoms with Gasteiger partial charge in [-0.3, -0.25) is 4.79 Å². The van der Waals surface area contributed by atoms with E-state index in [-0.39, 0.29) is 11.3 Å². The highest BCUT2D eigenvalue weighted by atomic mass is 16.5. The van der Waals surface area contributed by atoms with Crippen LogP contribution in [-0.4, -0.2) is 28.5 Å². The van der Waals surface area contributed by atoms with Crippen LogP contribution in [0.3, 0.4) is 0 Å². The van der Waals surface area contributed by atoms with Crippen molar-refractivity contribution in [3.63, 3.8) is 0 Å². The van der Waals surface area contributed by atoms with E-state index in [1.165, 1.54) is 12.4 Å². The van der Waals surface area contributed by atoms with Crippen LogP contribution in [0.15, 0.2) is 30.6 Å². The molecule has 7 heteroatoms. The van der Waals surface area contributed by atoms with Gasteiger partial charge in [0.25, 0.3) is 0 Å². The number of nitrogens with one attached hydrogen (secondary N) is 1. The lowest BCUT2D eigenvalue weighted by Gasteiger charge is -2.12. The fourth-order valence-corrected chi connectivity index (χ4v) is 3.02. The Bertz CT molecular complexity index is 802. The van der Waals surface area contributed by atoms with Crippen LogP contribution in [0.2, 0.25) is 0 Å². The second-order valence-corrected chi connectivity index (χ2v) is 6.54. The second-order valence-electron chi connectivity index (χ2n) is 6.54. The molecule has 1 aromatic carbocycles. The Labute approximate surface area is 145 Å². The first-order valence-corrected chi connectivity index (χ1v) is 8.44. The topological polar surface area (TPSA) is 99.4 Å². The molecule has 130 valence electrons. The number of hydrogen-bond donors (Lipinski definition) is 2. The van der Waals surface area contributed by atoms with Crippen molar-refractivity contribution in [2.24, 2.45) is 5.73 Å². The number of rotatable bonds is 5. The van der Waals surface area contributed by atoms with Crippen molar-refractivity contribution in [2.75, 3.05) is 11.9 Å². The first-order valence-electron chi connectivity index (χ1n) is 8.44. The Morgan fingerprint density at radius 1 is 1.40 bits per heavy atom. The lowest BCUT2D eigenvalue weighted by molar-refractivity contribution is -0.117. The molecule has 1 fully saturated rings. The zero-order chi connectivity index (χ0) is 17.4. The second kappa shape index (κ2) is 6.00. The lowest BCUT2D eigenvalue weighted by Crippen LogP contribution is -2.35. The molecule has 4 rings (SSSR count). The molecule has 1 aromatic heterocycles. The average Bonchev–Trinajstić information content (AvgIpc) is 3.31. The van der Waals surface area contributed by atoms with Gasteiger partial charge >= 0.3 is 0 Å². The van der Waals surface area contributed by atoms with Gasteiger partial charge in [0, 0.05) is 11.0 Å². The number of carbonyl (C=O) groups excluding carboxylic acids is 1. The molecular formula is C18H20N4O3. The van der Waals surface area contributed by atoms with Crippen LogP contribution in [0.4, 0.5) is 5.82 Å². The van der Waals surface area contributed by atoms with Crippen LogP contribution in [0.25, 0.3) is 0 Å². The molecule has 2 heterocycles. The molecule has 1 saturated carbocycles. The Kier molecular flexibility index (Phi) is 3.80. The van der Waals surface area contributed by atoms with Crippen molar-refractivity contribution >= 4 is 11.7 Å². The number of amides is 1. The largest absolute Gasteiger partial charge is 0.492 e. The third kappa shape index (κ3) is 2.91. The lowest BCUT2D eigenvalue weighted by atomic mass is 9.97. The molecule has 2 aromatic rings. The molecule has 0 saturated heterocycles. The van der Waals surface area contributed by atoms with Crippen LogP contribution in [0, 0.1) is 0 Å². The number of nitrogens with zero attached hydrogens (tertiary/aromatic N) is 2. The molecule has 0 bridgehead atoms. The molecule has 25 heavy (non-hydrogen) atoms. The van der Waals surface area contributed by atoms with Crippen LogP contribution in [0.5, 0.6) is 17.4 Å². The molecule has 0 radical (unpaired) electrons. The molecule has 1 atom stereocenters. The Morgan fingerprint density at radius 3 is 2.92 bits per heavy atom. The van der Waals surface area contributed by atoms with Gasteiger partial charge in [-0.1, -0.05) is 13.0 Å². The van der Waals surface area contributed by atoms with Gasteiger partial charge < -0.3 is 20.5 Å². The monoisotopic (exact) mass is 340 g/mol. The van der Waals surface area contributed by atoms with Gasteiger partial charge in [0.15, 0.2) is 5.82 Å². The average molecular weight is 340 g/mol. The number of anilines is 1. The van der Waals surface area contributed by atoms with E-state index in [2.05, 4.69) is 15.3 Å². The minimum atomic E-state index is -0.556. The quantitative estimate of drug-likeness (QED) is 0.867. The summed E-state index contributed by atoms with van der Waals surface area (Å²) >= 11 is 0. The van der Waals surface area contributed by atoms with Gasteiger partial charge in [-0.2, -0.15) is 0 Å². The summed E-state index contributed by atoms with van der Waals surface area (Å²) in [5.74, 6) is 2.08. The predicted octanol–water partition coefficient (Wildman–Crippen LogP) is 2.37. The van der Waals surface area contributed by atoms with Gasteiger partial charge in [-0.25, -0.2) is 9.97 Å². The number of aromatic nitrogens is 2. The predicted molar refractivity (Wildman–Crippen MR) is 91.9 cm³/mol. The third-order valence-corrected chi connectivity index (χ3v) is 4.75. The SMILES string of the molecule is CC[C@@H](N)C(=O)Nc1cnc(Oc2cccc3c2C2(CC2)CO3)cn1. The summed E-state index contributed by atoms with van der Waals surface area (Å²) in [6.07, 6.45) is 5.75. The van der Waals surface area contributed by atoms with Crippen molar-refractivity contribution in [1.82, 2.24) is 9.97 Å². The number of hydrogen-bond acceptors (Lipinski definition) is 6. The van der Waals surface area contributed by atoms with Crippen molar-refractivity contribution in [1.29, 1.82) is 0 Å². The van der Waals surface area contributed by atoms with Gasteiger partial charge in [0.05, 0.1) is 25.0 Å². The maximum Gasteiger partial charge on any atom is 0.242 e. The van der Waals surface area contributed by atoms with Crippen molar-refractivity contribution in [3.05, 3.63) is 36.2 Å². The fourth-order valence-electron chi connectivity index (χ4n) is 3.02. The molecule has 3 N–H and O–H groups in total. The van der Waals surface area contributed by atoms with E-state index in [0.717, 1.165) is 36.5 Å². The van der Waals surface area contributed by atoms with Gasteiger partial charge in [0.2, 0.25) is 11.8 Å². The number of carbonyl (C=O) groups is 1. The number of fused-ring (bicyclic) bond motifs is 2. The van der Waals surface area contributed by atoms with E-state index < -0.39 is 6.04 Å². The van der Waals surface area contributed by atoms with Gasteiger partial charge in [0.1, 0.15) is 11.5 Å². The molecule has 1 aliphatic carbocycles. The first kappa shape index (κ1) is 15.8. The molecule has 1 aliphatic heterocycles. The Hall–Kier alpha value is -2.67. The normalized spacial score (nSPS) is 17.5. The van der Waals surface area contributed by atoms with Crippen LogP contribution in [-0.2, 0) is 10.2 Å². The van der Waals surface area contributed by atoms with E-state index in [1.807, 2.05) is 25.1 Å². The van der Waals surface area contributed by atoms with Gasteiger partial charge in [-0.05, 0) is 31.4 Å². The maximum absolute atomic E-state index is 11.8. The molecule has 1 amide bonds. The van der Waals surface area contributed by atoms with E-state index >= 15 is 0 Å². The number of benzene rings is 1. The summed E-state index contributed by atoms with van der Waals surface area (Å²) in [6.45, 7) is 2.57. The summed E-state index contributed by atoms with van der Waals surface area (Å²) in [5.41, 5.74) is 6.93. The molecule has 0 unspecified atom stereocenters. The highest BCUT2D eigenvalue weighted by Gasteiger charge is 2.52. The maximum atomic E-state index is 11.8. The van der Waals surface area contributed by atoms with Crippen molar-refractivity contribution in [3.8, 4) is 17.4 Å².